The highest BCUT2D eigenvalue weighted by atomic mass is 16.5. The normalized spacial score (nSPS) is 18.2. The van der Waals surface area contributed by atoms with E-state index in [4.69, 9.17) is 9.72 Å². The number of nitrogens with zero attached hydrogens (tertiary/aromatic N) is 3. The van der Waals surface area contributed by atoms with Crippen molar-refractivity contribution in [2.45, 2.75) is 64.5 Å². The number of ether oxygens (including phenoxy) is 1. The van der Waals surface area contributed by atoms with E-state index in [1.165, 1.54) is 0 Å². The lowest BCUT2D eigenvalue weighted by Crippen LogP contribution is -2.52. The van der Waals surface area contributed by atoms with E-state index in [-0.39, 0.29) is 17.5 Å². The molecule has 1 saturated carbocycles. The quantitative estimate of drug-likeness (QED) is 0.615. The van der Waals surface area contributed by atoms with E-state index in [0.717, 1.165) is 57.8 Å². The molecule has 1 aromatic heterocycles. The van der Waals surface area contributed by atoms with Crippen LogP contribution < -0.4 is 10.9 Å². The lowest BCUT2D eigenvalue weighted by molar-refractivity contribution is -0.121. The van der Waals surface area contributed by atoms with Gasteiger partial charge in [0, 0.05) is 44.6 Å². The fraction of sp³-hybridized carbons (Fsp3) is 0.640. The number of morpholine rings is 1. The first-order valence-electron chi connectivity index (χ1n) is 12.2. The second kappa shape index (κ2) is 10.6. The fourth-order valence-electron chi connectivity index (χ4n) is 4.95. The van der Waals surface area contributed by atoms with Crippen LogP contribution in [0.5, 0.6) is 0 Å². The number of carbonyl (C=O) groups is 1. The van der Waals surface area contributed by atoms with E-state index in [1.807, 2.05) is 28.8 Å². The van der Waals surface area contributed by atoms with E-state index >= 15 is 0 Å². The first-order valence-corrected chi connectivity index (χ1v) is 12.2. The zero-order chi connectivity index (χ0) is 22.5. The van der Waals surface area contributed by atoms with Crippen LogP contribution in [-0.4, -0.2) is 59.2 Å². The van der Waals surface area contributed by atoms with Crippen LogP contribution in [0.15, 0.2) is 29.1 Å². The summed E-state index contributed by atoms with van der Waals surface area (Å²) in [5, 5.41) is 3.84. The zero-order valence-electron chi connectivity index (χ0n) is 19.4. The maximum absolute atomic E-state index is 13.0. The Morgan fingerprint density at radius 1 is 1.19 bits per heavy atom. The molecule has 1 saturated heterocycles. The van der Waals surface area contributed by atoms with Gasteiger partial charge in [-0.2, -0.15) is 0 Å². The highest BCUT2D eigenvalue weighted by molar-refractivity contribution is 5.78. The van der Waals surface area contributed by atoms with Crippen LogP contribution in [0, 0.1) is 5.92 Å². The van der Waals surface area contributed by atoms with Crippen molar-refractivity contribution in [2.75, 3.05) is 32.8 Å². The van der Waals surface area contributed by atoms with Crippen LogP contribution in [0.2, 0.25) is 0 Å². The lowest BCUT2D eigenvalue weighted by atomic mass is 9.92. The standard InChI is InChI=1S/C25H36N4O3/c1-3-18(4-2)22(28-13-15-32-16-14-28)17-26-24(30)12-11-23-27-21-8-6-5-7-20(21)25(31)29(23)19-9-10-19/h5-8,18-19,22H,3-4,9-17H2,1-2H3,(H,26,30). The Morgan fingerprint density at radius 3 is 2.59 bits per heavy atom. The van der Waals surface area contributed by atoms with Gasteiger partial charge in [-0.05, 0) is 30.9 Å². The molecule has 4 rings (SSSR count). The Bertz CT molecular complexity index is 975. The Kier molecular flexibility index (Phi) is 7.58. The number of aromatic nitrogens is 2. The summed E-state index contributed by atoms with van der Waals surface area (Å²) in [5.74, 6) is 1.31. The summed E-state index contributed by atoms with van der Waals surface area (Å²) in [5.41, 5.74) is 0.737. The van der Waals surface area contributed by atoms with E-state index in [1.54, 1.807) is 0 Å². The van der Waals surface area contributed by atoms with Crippen LogP contribution >= 0.6 is 0 Å². The first kappa shape index (κ1) is 22.9. The molecule has 2 fully saturated rings. The van der Waals surface area contributed by atoms with E-state index in [9.17, 15) is 9.59 Å². The number of fused-ring (bicyclic) bond motifs is 1. The molecular formula is C25H36N4O3. The van der Waals surface area contributed by atoms with Gasteiger partial charge in [-0.25, -0.2) is 4.98 Å². The van der Waals surface area contributed by atoms with Crippen LogP contribution in [0.3, 0.4) is 0 Å². The average molecular weight is 441 g/mol. The van der Waals surface area contributed by atoms with Gasteiger partial charge in [-0.3, -0.25) is 19.1 Å². The predicted molar refractivity (Wildman–Crippen MR) is 126 cm³/mol. The van der Waals surface area contributed by atoms with Crippen LogP contribution in [0.1, 0.15) is 57.8 Å². The van der Waals surface area contributed by atoms with Crippen molar-refractivity contribution in [1.82, 2.24) is 19.8 Å². The van der Waals surface area contributed by atoms with Crippen LogP contribution in [0.25, 0.3) is 10.9 Å². The summed E-state index contributed by atoms with van der Waals surface area (Å²) < 4.78 is 7.35. The highest BCUT2D eigenvalue weighted by Crippen LogP contribution is 2.34. The molecule has 2 aromatic rings. The third-order valence-corrected chi connectivity index (χ3v) is 6.98. The SMILES string of the molecule is CCC(CC)C(CNC(=O)CCc1nc2ccccc2c(=O)n1C1CC1)N1CCOCC1. The number of carbonyl (C=O) groups excluding carboxylic acids is 1. The lowest BCUT2D eigenvalue weighted by Gasteiger charge is -2.38. The minimum Gasteiger partial charge on any atom is -0.379 e. The number of aryl methyl sites for hydroxylation is 1. The fourth-order valence-corrected chi connectivity index (χ4v) is 4.95. The van der Waals surface area contributed by atoms with Gasteiger partial charge in [0.2, 0.25) is 5.91 Å². The third kappa shape index (κ3) is 5.21. The van der Waals surface area contributed by atoms with Gasteiger partial charge in [0.15, 0.2) is 0 Å². The monoisotopic (exact) mass is 440 g/mol. The molecule has 1 amide bonds. The van der Waals surface area contributed by atoms with Gasteiger partial charge in [0.1, 0.15) is 5.82 Å². The van der Waals surface area contributed by atoms with Crippen molar-refractivity contribution >= 4 is 16.8 Å². The van der Waals surface area contributed by atoms with E-state index in [0.29, 0.717) is 42.2 Å². The van der Waals surface area contributed by atoms with Crippen molar-refractivity contribution in [1.29, 1.82) is 0 Å². The molecule has 1 atom stereocenters. The molecule has 1 N–H and O–H groups in total. The maximum Gasteiger partial charge on any atom is 0.261 e. The number of rotatable bonds is 10. The van der Waals surface area contributed by atoms with Crippen LogP contribution in [-0.2, 0) is 16.0 Å². The zero-order valence-corrected chi connectivity index (χ0v) is 19.4. The summed E-state index contributed by atoms with van der Waals surface area (Å²) in [6.45, 7) is 8.48. The van der Waals surface area contributed by atoms with Gasteiger partial charge in [-0.1, -0.05) is 38.8 Å². The number of hydrogen-bond donors (Lipinski definition) is 1. The molecule has 0 bridgehead atoms. The van der Waals surface area contributed by atoms with Crippen molar-refractivity contribution in [3.05, 3.63) is 40.4 Å². The van der Waals surface area contributed by atoms with Crippen molar-refractivity contribution in [2.24, 2.45) is 5.92 Å². The van der Waals surface area contributed by atoms with E-state index in [2.05, 4.69) is 24.1 Å². The average Bonchev–Trinajstić information content (AvgIpc) is 3.66. The molecule has 0 radical (unpaired) electrons. The molecule has 1 unspecified atom stereocenters. The van der Waals surface area contributed by atoms with Crippen molar-refractivity contribution in [3.8, 4) is 0 Å². The molecular weight excluding hydrogens is 404 g/mol. The topological polar surface area (TPSA) is 76.5 Å². The summed E-state index contributed by atoms with van der Waals surface area (Å²) in [4.78, 5) is 33.0. The van der Waals surface area contributed by atoms with Gasteiger partial charge in [0.05, 0.1) is 24.1 Å². The third-order valence-electron chi connectivity index (χ3n) is 6.98. The Labute approximate surface area is 190 Å². The van der Waals surface area contributed by atoms with Crippen LogP contribution in [0.4, 0.5) is 0 Å². The Morgan fingerprint density at radius 2 is 1.91 bits per heavy atom. The molecule has 2 heterocycles. The Hall–Kier alpha value is -2.25. The molecule has 174 valence electrons. The van der Waals surface area contributed by atoms with E-state index < -0.39 is 0 Å². The molecule has 7 nitrogen and oxygen atoms in total. The number of para-hydroxylation sites is 1. The molecule has 1 aromatic carbocycles. The van der Waals surface area contributed by atoms with Gasteiger partial charge < -0.3 is 10.1 Å². The maximum atomic E-state index is 13.0. The summed E-state index contributed by atoms with van der Waals surface area (Å²) in [6.07, 6.45) is 5.05. The number of hydrogen-bond acceptors (Lipinski definition) is 5. The van der Waals surface area contributed by atoms with Gasteiger partial charge in [0.25, 0.3) is 5.56 Å². The van der Waals surface area contributed by atoms with Gasteiger partial charge >= 0.3 is 0 Å². The molecule has 1 aliphatic carbocycles. The number of nitrogens with one attached hydrogen (secondary N) is 1. The molecule has 0 spiro atoms. The molecule has 1 aliphatic heterocycles. The second-order valence-corrected chi connectivity index (χ2v) is 9.05. The first-order chi connectivity index (χ1) is 15.6. The Balaban J connectivity index is 1.41. The van der Waals surface area contributed by atoms with Crippen molar-refractivity contribution in [3.63, 3.8) is 0 Å². The largest absolute Gasteiger partial charge is 0.379 e. The number of amides is 1. The minimum absolute atomic E-state index is 0.0228. The van der Waals surface area contributed by atoms with Crippen molar-refractivity contribution < 1.29 is 9.53 Å². The van der Waals surface area contributed by atoms with Gasteiger partial charge in [-0.15, -0.1) is 0 Å². The highest BCUT2D eigenvalue weighted by Gasteiger charge is 2.29. The molecule has 7 heteroatoms. The minimum atomic E-state index is 0.0228. The second-order valence-electron chi connectivity index (χ2n) is 9.05. The molecule has 2 aliphatic rings. The molecule has 32 heavy (non-hydrogen) atoms. The smallest absolute Gasteiger partial charge is 0.261 e. The summed E-state index contributed by atoms with van der Waals surface area (Å²) in [6, 6.07) is 8.06. The predicted octanol–water partition coefficient (Wildman–Crippen LogP) is 2.92. The summed E-state index contributed by atoms with van der Waals surface area (Å²) >= 11 is 0. The number of benzene rings is 1. The summed E-state index contributed by atoms with van der Waals surface area (Å²) in [7, 11) is 0.